The Morgan fingerprint density at radius 3 is 2.70 bits per heavy atom. The van der Waals surface area contributed by atoms with Gasteiger partial charge in [-0.1, -0.05) is 0 Å². The van der Waals surface area contributed by atoms with Gasteiger partial charge in [-0.2, -0.15) is 5.26 Å². The van der Waals surface area contributed by atoms with Crippen molar-refractivity contribution in [3.8, 4) is 6.07 Å². The number of carbonyl (C=O) groups is 1. The summed E-state index contributed by atoms with van der Waals surface area (Å²) in [5.41, 5.74) is 5.50. The summed E-state index contributed by atoms with van der Waals surface area (Å²) in [5.74, 6) is -0.554. The highest BCUT2D eigenvalue weighted by molar-refractivity contribution is 5.91. The molecule has 0 saturated heterocycles. The quantitative estimate of drug-likeness (QED) is 0.567. The minimum absolute atomic E-state index is 0.261. The number of hydrogen-bond acceptors (Lipinski definition) is 2. The van der Waals surface area contributed by atoms with Gasteiger partial charge in [0.25, 0.3) is 5.91 Å². The van der Waals surface area contributed by atoms with Crippen LogP contribution in [0.1, 0.15) is 16.2 Å². The van der Waals surface area contributed by atoms with Gasteiger partial charge in [-0.3, -0.25) is 4.79 Å². The van der Waals surface area contributed by atoms with Gasteiger partial charge in [-0.15, -0.1) is 0 Å². The number of rotatable bonds is 1. The summed E-state index contributed by atoms with van der Waals surface area (Å²) < 4.78 is 0. The van der Waals surface area contributed by atoms with Gasteiger partial charge in [-0.25, -0.2) is 0 Å². The molecule has 0 aliphatic rings. The molecule has 0 aliphatic heterocycles. The van der Waals surface area contributed by atoms with Crippen molar-refractivity contribution in [1.82, 2.24) is 4.98 Å². The zero-order chi connectivity index (χ0) is 7.56. The fourth-order valence-corrected chi connectivity index (χ4v) is 0.604. The standard InChI is InChI=1S/C6H5N3O/c7-3-4-1-2-5(9-4)6(8)10/h1-2,9H,(H2,8,10). The summed E-state index contributed by atoms with van der Waals surface area (Å²) in [7, 11) is 0. The SMILES string of the molecule is N#Cc1ccc(C(N)=O)[nH]1. The Morgan fingerprint density at radius 1 is 1.70 bits per heavy atom. The van der Waals surface area contributed by atoms with E-state index in [-0.39, 0.29) is 5.69 Å². The zero-order valence-electron chi connectivity index (χ0n) is 5.09. The minimum atomic E-state index is -0.554. The summed E-state index contributed by atoms with van der Waals surface area (Å²) in [6, 6.07) is 4.81. The van der Waals surface area contributed by atoms with E-state index >= 15 is 0 Å². The van der Waals surface area contributed by atoms with E-state index in [1.165, 1.54) is 12.1 Å². The first kappa shape index (κ1) is 6.36. The first-order valence-corrected chi connectivity index (χ1v) is 2.63. The van der Waals surface area contributed by atoms with Gasteiger partial charge < -0.3 is 10.7 Å². The Bertz CT molecular complexity index is 294. The average molecular weight is 135 g/mol. The van der Waals surface area contributed by atoms with Crippen molar-refractivity contribution in [2.45, 2.75) is 0 Å². The Balaban J connectivity index is 3.02. The van der Waals surface area contributed by atoms with E-state index in [0.717, 1.165) is 0 Å². The molecule has 0 aliphatic carbocycles. The fraction of sp³-hybridized carbons (Fsp3) is 0. The predicted octanol–water partition coefficient (Wildman–Crippen LogP) is -0.0147. The van der Waals surface area contributed by atoms with Gasteiger partial charge in [0.2, 0.25) is 0 Å². The van der Waals surface area contributed by atoms with Crippen LogP contribution in [0.4, 0.5) is 0 Å². The van der Waals surface area contributed by atoms with Gasteiger partial charge in [-0.05, 0) is 12.1 Å². The lowest BCUT2D eigenvalue weighted by molar-refractivity contribution is 0.0996. The summed E-state index contributed by atoms with van der Waals surface area (Å²) in [6.45, 7) is 0. The molecule has 10 heavy (non-hydrogen) atoms. The van der Waals surface area contributed by atoms with Crippen LogP contribution in [-0.2, 0) is 0 Å². The number of nitrogens with zero attached hydrogens (tertiary/aromatic N) is 1. The number of amides is 1. The topological polar surface area (TPSA) is 82.7 Å². The van der Waals surface area contributed by atoms with Crippen molar-refractivity contribution in [2.75, 3.05) is 0 Å². The van der Waals surface area contributed by atoms with Crippen LogP contribution in [0.3, 0.4) is 0 Å². The summed E-state index contributed by atoms with van der Waals surface area (Å²) in [5, 5.41) is 8.30. The van der Waals surface area contributed by atoms with Crippen LogP contribution >= 0.6 is 0 Å². The van der Waals surface area contributed by atoms with E-state index in [4.69, 9.17) is 11.0 Å². The second kappa shape index (κ2) is 2.23. The highest BCUT2D eigenvalue weighted by Crippen LogP contribution is 1.97. The van der Waals surface area contributed by atoms with Crippen LogP contribution in [0.25, 0.3) is 0 Å². The highest BCUT2D eigenvalue weighted by Gasteiger charge is 2.01. The molecule has 0 aromatic carbocycles. The molecule has 1 aromatic rings. The smallest absolute Gasteiger partial charge is 0.265 e. The molecule has 4 heteroatoms. The molecule has 3 N–H and O–H groups in total. The molecule has 0 unspecified atom stereocenters. The molecule has 0 radical (unpaired) electrons. The number of primary amides is 1. The predicted molar refractivity (Wildman–Crippen MR) is 34.0 cm³/mol. The third-order valence-electron chi connectivity index (χ3n) is 1.07. The Labute approximate surface area is 57.3 Å². The van der Waals surface area contributed by atoms with Gasteiger partial charge >= 0.3 is 0 Å². The van der Waals surface area contributed by atoms with E-state index in [1.54, 1.807) is 0 Å². The van der Waals surface area contributed by atoms with Gasteiger partial charge in [0.15, 0.2) is 0 Å². The van der Waals surface area contributed by atoms with Crippen LogP contribution in [0, 0.1) is 11.3 Å². The molecule has 4 nitrogen and oxygen atoms in total. The maximum absolute atomic E-state index is 10.4. The van der Waals surface area contributed by atoms with Crippen LogP contribution in [-0.4, -0.2) is 10.9 Å². The minimum Gasteiger partial charge on any atom is -0.364 e. The summed E-state index contributed by atoms with van der Waals surface area (Å²) in [4.78, 5) is 12.9. The van der Waals surface area contributed by atoms with Crippen molar-refractivity contribution >= 4 is 5.91 Å². The Morgan fingerprint density at radius 2 is 2.40 bits per heavy atom. The summed E-state index contributed by atoms with van der Waals surface area (Å²) >= 11 is 0. The van der Waals surface area contributed by atoms with Crippen molar-refractivity contribution in [1.29, 1.82) is 5.26 Å². The van der Waals surface area contributed by atoms with E-state index in [0.29, 0.717) is 5.69 Å². The third-order valence-corrected chi connectivity index (χ3v) is 1.07. The van der Waals surface area contributed by atoms with Gasteiger partial charge in [0.05, 0.1) is 0 Å². The number of H-pyrrole nitrogens is 1. The lowest BCUT2D eigenvalue weighted by Crippen LogP contribution is -2.10. The van der Waals surface area contributed by atoms with Crippen molar-refractivity contribution in [3.63, 3.8) is 0 Å². The average Bonchev–Trinajstić information content (AvgIpc) is 2.34. The number of nitriles is 1. The zero-order valence-corrected chi connectivity index (χ0v) is 5.09. The Hall–Kier alpha value is -1.76. The number of aromatic nitrogens is 1. The van der Waals surface area contributed by atoms with Crippen molar-refractivity contribution in [2.24, 2.45) is 5.73 Å². The van der Waals surface area contributed by atoms with Crippen LogP contribution in [0.15, 0.2) is 12.1 Å². The lowest BCUT2D eigenvalue weighted by Gasteiger charge is -1.83. The van der Waals surface area contributed by atoms with E-state index in [2.05, 4.69) is 4.98 Å². The first-order valence-electron chi connectivity index (χ1n) is 2.63. The van der Waals surface area contributed by atoms with Crippen LogP contribution in [0.5, 0.6) is 0 Å². The van der Waals surface area contributed by atoms with E-state index < -0.39 is 5.91 Å². The summed E-state index contributed by atoms with van der Waals surface area (Å²) in [6.07, 6.45) is 0. The molecule has 1 rings (SSSR count). The number of aromatic amines is 1. The molecule has 0 atom stereocenters. The number of nitrogens with one attached hydrogen (secondary N) is 1. The Kier molecular flexibility index (Phi) is 1.42. The monoisotopic (exact) mass is 135 g/mol. The highest BCUT2D eigenvalue weighted by atomic mass is 16.1. The fourth-order valence-electron chi connectivity index (χ4n) is 0.604. The molecule has 1 aromatic heterocycles. The molecular weight excluding hydrogens is 130 g/mol. The maximum Gasteiger partial charge on any atom is 0.265 e. The van der Waals surface area contributed by atoms with E-state index in [1.807, 2.05) is 6.07 Å². The van der Waals surface area contributed by atoms with Crippen molar-refractivity contribution < 1.29 is 4.79 Å². The second-order valence-corrected chi connectivity index (χ2v) is 1.76. The molecule has 0 saturated carbocycles. The molecule has 1 amide bonds. The van der Waals surface area contributed by atoms with Crippen molar-refractivity contribution in [3.05, 3.63) is 23.5 Å². The molecule has 0 fully saturated rings. The normalized spacial score (nSPS) is 8.70. The molecule has 0 spiro atoms. The largest absolute Gasteiger partial charge is 0.364 e. The lowest BCUT2D eigenvalue weighted by atomic mass is 10.4. The maximum atomic E-state index is 10.4. The number of nitrogens with two attached hydrogens (primary N) is 1. The van der Waals surface area contributed by atoms with Gasteiger partial charge in [0, 0.05) is 0 Å². The number of hydrogen-bond donors (Lipinski definition) is 2. The molecule has 1 heterocycles. The molecular formula is C6H5N3O. The van der Waals surface area contributed by atoms with E-state index in [9.17, 15) is 4.79 Å². The number of carbonyl (C=O) groups excluding carboxylic acids is 1. The van der Waals surface area contributed by atoms with Gasteiger partial charge in [0.1, 0.15) is 17.5 Å². The third kappa shape index (κ3) is 0.977. The van der Waals surface area contributed by atoms with Crippen LogP contribution < -0.4 is 5.73 Å². The second-order valence-electron chi connectivity index (χ2n) is 1.76. The van der Waals surface area contributed by atoms with Crippen LogP contribution in [0.2, 0.25) is 0 Å². The first-order chi connectivity index (χ1) is 4.74. The molecule has 50 valence electrons. The molecule has 0 bridgehead atoms.